The maximum atomic E-state index is 12.1. The molecule has 0 fully saturated rings. The fourth-order valence-electron chi connectivity index (χ4n) is 2.98. The van der Waals surface area contributed by atoms with E-state index >= 15 is 0 Å². The molecule has 2 aromatic carbocycles. The number of nitriles is 1. The van der Waals surface area contributed by atoms with Crippen molar-refractivity contribution in [3.05, 3.63) is 82.1 Å². The Morgan fingerprint density at radius 1 is 1.16 bits per heavy atom. The third-order valence-corrected chi connectivity index (χ3v) is 5.64. The van der Waals surface area contributed by atoms with Crippen LogP contribution in [0.1, 0.15) is 27.2 Å². The third-order valence-electron chi connectivity index (χ3n) is 4.53. The average molecular weight is 455 g/mol. The van der Waals surface area contributed by atoms with Gasteiger partial charge >= 0.3 is 0 Å². The molecule has 3 rings (SSSR count). The van der Waals surface area contributed by atoms with Crippen LogP contribution in [0.25, 0.3) is 11.1 Å². The number of rotatable bonds is 7. The Kier molecular flexibility index (Phi) is 6.74. The van der Waals surface area contributed by atoms with Gasteiger partial charge in [0.25, 0.3) is 0 Å². The summed E-state index contributed by atoms with van der Waals surface area (Å²) in [5.41, 5.74) is 3.87. The van der Waals surface area contributed by atoms with E-state index in [0.29, 0.717) is 27.6 Å². The highest BCUT2D eigenvalue weighted by atomic mass is 35.5. The zero-order valence-corrected chi connectivity index (χ0v) is 18.5. The first-order valence-corrected chi connectivity index (χ1v) is 11.7. The molecule has 0 aliphatic heterocycles. The fraction of sp³-hybridized carbons (Fsp3) is 0.174. The molecule has 0 saturated carbocycles. The predicted octanol–water partition coefficient (Wildman–Crippen LogP) is 4.39. The number of hydrogen-bond donors (Lipinski definition) is 0. The zero-order valence-electron chi connectivity index (χ0n) is 16.9. The molecule has 0 aliphatic carbocycles. The summed E-state index contributed by atoms with van der Waals surface area (Å²) in [6.07, 6.45) is 2.70. The monoisotopic (exact) mass is 454 g/mol. The normalized spacial score (nSPS) is 11.0. The first kappa shape index (κ1) is 22.5. The number of benzene rings is 2. The maximum absolute atomic E-state index is 12.1. The summed E-state index contributed by atoms with van der Waals surface area (Å²) in [5, 5.41) is 9.27. The lowest BCUT2D eigenvalue weighted by atomic mass is 9.98. The smallest absolute Gasteiger partial charge is 0.177 e. The van der Waals surface area contributed by atoms with Crippen LogP contribution < -0.4 is 4.74 Å². The van der Waals surface area contributed by atoms with Gasteiger partial charge in [0.2, 0.25) is 0 Å². The van der Waals surface area contributed by atoms with E-state index in [1.165, 1.54) is 0 Å². The van der Waals surface area contributed by atoms with E-state index in [1.807, 2.05) is 13.0 Å². The van der Waals surface area contributed by atoms with E-state index in [4.69, 9.17) is 21.6 Å². The van der Waals surface area contributed by atoms with E-state index in [-0.39, 0.29) is 6.61 Å². The number of pyridine rings is 1. The average Bonchev–Trinajstić information content (AvgIpc) is 2.72. The molecule has 1 heterocycles. The lowest BCUT2D eigenvalue weighted by Gasteiger charge is -2.11. The SMILES string of the molecule is Cc1cc(C(=O)CS(C)(=O)=O)ccc1-c1cnc(COc2ccc(C#N)cc2)c(Cl)c1. The Balaban J connectivity index is 1.75. The fourth-order valence-corrected chi connectivity index (χ4v) is 3.84. The highest BCUT2D eigenvalue weighted by Crippen LogP contribution is 2.28. The molecule has 0 N–H and O–H groups in total. The van der Waals surface area contributed by atoms with E-state index in [0.717, 1.165) is 22.9 Å². The van der Waals surface area contributed by atoms with Gasteiger partial charge in [0.1, 0.15) is 18.1 Å². The highest BCUT2D eigenvalue weighted by Gasteiger charge is 2.15. The molecule has 0 spiro atoms. The topological polar surface area (TPSA) is 97.1 Å². The minimum Gasteiger partial charge on any atom is -0.487 e. The van der Waals surface area contributed by atoms with Gasteiger partial charge in [0, 0.05) is 23.6 Å². The lowest BCUT2D eigenvalue weighted by Crippen LogP contribution is -2.14. The van der Waals surface area contributed by atoms with Crippen molar-refractivity contribution in [2.75, 3.05) is 12.0 Å². The van der Waals surface area contributed by atoms with Gasteiger partial charge in [0.15, 0.2) is 15.6 Å². The molecular formula is C23H19ClN2O4S. The van der Waals surface area contributed by atoms with Crippen LogP contribution >= 0.6 is 11.6 Å². The second-order valence-corrected chi connectivity index (χ2v) is 9.65. The first-order valence-electron chi connectivity index (χ1n) is 9.25. The molecule has 0 saturated heterocycles. The van der Waals surface area contributed by atoms with Crippen LogP contribution in [0, 0.1) is 18.3 Å². The minimum atomic E-state index is -3.39. The summed E-state index contributed by atoms with van der Waals surface area (Å²) >= 11 is 6.39. The number of Topliss-reactive ketones (excluding diaryl/α,β-unsaturated/α-hetero) is 1. The predicted molar refractivity (Wildman–Crippen MR) is 119 cm³/mol. The van der Waals surface area contributed by atoms with Crippen molar-refractivity contribution in [1.29, 1.82) is 5.26 Å². The maximum Gasteiger partial charge on any atom is 0.177 e. The number of ketones is 1. The number of ether oxygens (including phenoxy) is 1. The zero-order chi connectivity index (χ0) is 22.6. The highest BCUT2D eigenvalue weighted by molar-refractivity contribution is 7.91. The summed E-state index contributed by atoms with van der Waals surface area (Å²) < 4.78 is 28.4. The summed E-state index contributed by atoms with van der Waals surface area (Å²) in [5.74, 6) is -0.359. The summed E-state index contributed by atoms with van der Waals surface area (Å²) in [6, 6.07) is 15.6. The molecule has 8 heteroatoms. The molecule has 3 aromatic rings. The molecule has 0 bridgehead atoms. The first-order chi connectivity index (χ1) is 14.7. The van der Waals surface area contributed by atoms with Gasteiger partial charge in [-0.2, -0.15) is 5.26 Å². The van der Waals surface area contributed by atoms with Crippen LogP contribution in [0.15, 0.2) is 54.7 Å². The molecular weight excluding hydrogens is 436 g/mol. The number of aryl methyl sites for hydroxylation is 1. The third kappa shape index (κ3) is 5.91. The molecule has 0 radical (unpaired) electrons. The second kappa shape index (κ2) is 9.29. The van der Waals surface area contributed by atoms with Crippen molar-refractivity contribution in [1.82, 2.24) is 4.98 Å². The van der Waals surface area contributed by atoms with E-state index in [2.05, 4.69) is 4.98 Å². The van der Waals surface area contributed by atoms with Crippen molar-refractivity contribution in [2.24, 2.45) is 0 Å². The molecule has 1 aromatic heterocycles. The van der Waals surface area contributed by atoms with Crippen LogP contribution in [0.4, 0.5) is 0 Å². The van der Waals surface area contributed by atoms with E-state index < -0.39 is 21.4 Å². The van der Waals surface area contributed by atoms with Crippen LogP contribution in [-0.2, 0) is 16.4 Å². The summed E-state index contributed by atoms with van der Waals surface area (Å²) in [4.78, 5) is 16.5. The van der Waals surface area contributed by atoms with Gasteiger partial charge in [-0.1, -0.05) is 23.7 Å². The number of nitrogens with zero attached hydrogens (tertiary/aromatic N) is 2. The molecule has 0 unspecified atom stereocenters. The lowest BCUT2D eigenvalue weighted by molar-refractivity contribution is 0.102. The van der Waals surface area contributed by atoms with Crippen LogP contribution in [0.3, 0.4) is 0 Å². The Morgan fingerprint density at radius 3 is 2.45 bits per heavy atom. The van der Waals surface area contributed by atoms with Crippen LogP contribution in [-0.4, -0.2) is 31.2 Å². The minimum absolute atomic E-state index is 0.170. The molecule has 31 heavy (non-hydrogen) atoms. The number of sulfone groups is 1. The Morgan fingerprint density at radius 2 is 1.87 bits per heavy atom. The second-order valence-electron chi connectivity index (χ2n) is 7.10. The van der Waals surface area contributed by atoms with Crippen molar-refractivity contribution < 1.29 is 17.9 Å². The molecule has 0 amide bonds. The van der Waals surface area contributed by atoms with Gasteiger partial charge in [-0.3, -0.25) is 9.78 Å². The largest absolute Gasteiger partial charge is 0.487 e. The molecule has 0 aliphatic rings. The number of aromatic nitrogens is 1. The number of carbonyl (C=O) groups is 1. The molecule has 0 atom stereocenters. The van der Waals surface area contributed by atoms with Crippen LogP contribution in [0.5, 0.6) is 5.75 Å². The standard InChI is InChI=1S/C23H19ClN2O4S/c1-15-9-17(23(27)14-31(2,28)29)5-8-20(15)18-10-21(24)22(26-12-18)13-30-19-6-3-16(11-25)4-7-19/h3-10,12H,13-14H2,1-2H3. The quantitative estimate of drug-likeness (QED) is 0.491. The van der Waals surface area contributed by atoms with Crippen molar-refractivity contribution in [2.45, 2.75) is 13.5 Å². The Hall–Kier alpha value is -3.21. The van der Waals surface area contributed by atoms with Crippen molar-refractivity contribution >= 4 is 27.2 Å². The molecule has 158 valence electrons. The van der Waals surface area contributed by atoms with Gasteiger partial charge in [-0.15, -0.1) is 0 Å². The number of halogens is 1. The van der Waals surface area contributed by atoms with Gasteiger partial charge < -0.3 is 4.74 Å². The van der Waals surface area contributed by atoms with Crippen LogP contribution in [0.2, 0.25) is 5.02 Å². The van der Waals surface area contributed by atoms with E-state index in [9.17, 15) is 13.2 Å². The van der Waals surface area contributed by atoms with Crippen molar-refractivity contribution in [3.63, 3.8) is 0 Å². The Bertz CT molecular complexity index is 1280. The van der Waals surface area contributed by atoms with Gasteiger partial charge in [-0.25, -0.2) is 8.42 Å². The van der Waals surface area contributed by atoms with Gasteiger partial charge in [-0.05, 0) is 54.4 Å². The van der Waals surface area contributed by atoms with Gasteiger partial charge in [0.05, 0.1) is 22.3 Å². The van der Waals surface area contributed by atoms with Crippen molar-refractivity contribution in [3.8, 4) is 22.9 Å². The number of carbonyl (C=O) groups excluding carboxylic acids is 1. The molecule has 6 nitrogen and oxygen atoms in total. The Labute approximate surface area is 186 Å². The van der Waals surface area contributed by atoms with E-state index in [1.54, 1.807) is 54.7 Å². The summed E-state index contributed by atoms with van der Waals surface area (Å²) in [7, 11) is -3.39. The summed E-state index contributed by atoms with van der Waals surface area (Å²) in [6.45, 7) is 2.01. The number of hydrogen-bond acceptors (Lipinski definition) is 6.